The van der Waals surface area contributed by atoms with Crippen LogP contribution in [0.5, 0.6) is 0 Å². The Hall–Kier alpha value is -1.43. The molecule has 0 fully saturated rings. The maximum atomic E-state index is 12.5. The maximum absolute atomic E-state index is 12.5. The van der Waals surface area contributed by atoms with E-state index < -0.39 is 17.3 Å². The summed E-state index contributed by atoms with van der Waals surface area (Å²) in [5.41, 5.74) is -0.327. The van der Waals surface area contributed by atoms with Crippen LogP contribution in [-0.4, -0.2) is 12.3 Å². The molecule has 0 unspecified atom stereocenters. The fourth-order valence-electron chi connectivity index (χ4n) is 0.956. The number of anilines is 1. The minimum atomic E-state index is -4.81. The molecule has 16 heavy (non-hydrogen) atoms. The number of benzene rings is 1. The summed E-state index contributed by atoms with van der Waals surface area (Å²) in [4.78, 5) is 14.6. The molecule has 0 amide bonds. The van der Waals surface area contributed by atoms with E-state index in [4.69, 9.17) is 11.6 Å². The number of hydroxylamine groups is 1. The smallest absolute Gasteiger partial charge is 0.333 e. The topological polar surface area (TPSA) is 29.5 Å². The van der Waals surface area contributed by atoms with Gasteiger partial charge in [-0.25, -0.2) is 0 Å². The van der Waals surface area contributed by atoms with Gasteiger partial charge in [0.25, 0.3) is 0 Å². The molecular formula is C9H7ClF3NO2. The first kappa shape index (κ1) is 12.6. The molecule has 1 rings (SSSR count). The molecule has 1 aromatic carbocycles. The summed E-state index contributed by atoms with van der Waals surface area (Å²) in [5.74, 6) is -1.06. The van der Waals surface area contributed by atoms with Gasteiger partial charge in [0.2, 0.25) is 0 Å². The Balaban J connectivity index is 3.01. The number of rotatable bonds is 2. The molecule has 0 heterocycles. The van der Waals surface area contributed by atoms with Gasteiger partial charge in [-0.05, 0) is 24.3 Å². The summed E-state index contributed by atoms with van der Waals surface area (Å²) < 4.78 is 37.4. The highest BCUT2D eigenvalue weighted by Crippen LogP contribution is 2.29. The Labute approximate surface area is 94.3 Å². The van der Waals surface area contributed by atoms with E-state index in [9.17, 15) is 18.0 Å². The number of hydrogen-bond acceptors (Lipinski definition) is 3. The van der Waals surface area contributed by atoms with Crippen LogP contribution in [0.1, 0.15) is 6.92 Å². The highest BCUT2D eigenvalue weighted by molar-refractivity contribution is 6.30. The first-order valence-electron chi connectivity index (χ1n) is 4.12. The molecule has 0 bridgehead atoms. The zero-order valence-corrected chi connectivity index (χ0v) is 8.84. The van der Waals surface area contributed by atoms with Crippen molar-refractivity contribution in [1.82, 2.24) is 0 Å². The third-order valence-corrected chi connectivity index (χ3v) is 1.76. The average Bonchev–Trinajstić information content (AvgIpc) is 2.14. The van der Waals surface area contributed by atoms with Crippen LogP contribution in [0.25, 0.3) is 0 Å². The van der Waals surface area contributed by atoms with Crippen LogP contribution in [0.3, 0.4) is 0 Å². The third kappa shape index (κ3) is 3.30. The SMILES string of the molecule is CC(=O)ON(c1ccc(Cl)cc1)C(F)(F)F. The van der Waals surface area contributed by atoms with Crippen LogP contribution in [-0.2, 0) is 9.63 Å². The normalized spacial score (nSPS) is 11.1. The molecule has 0 atom stereocenters. The quantitative estimate of drug-likeness (QED) is 0.599. The van der Waals surface area contributed by atoms with E-state index in [1.165, 1.54) is 12.1 Å². The van der Waals surface area contributed by atoms with Crippen molar-refractivity contribution in [1.29, 1.82) is 0 Å². The molecule has 0 N–H and O–H groups in total. The van der Waals surface area contributed by atoms with E-state index in [0.717, 1.165) is 19.1 Å². The van der Waals surface area contributed by atoms with Crippen molar-refractivity contribution in [3.05, 3.63) is 29.3 Å². The summed E-state index contributed by atoms with van der Waals surface area (Å²) in [5, 5.41) is -0.139. The predicted molar refractivity (Wildman–Crippen MR) is 51.8 cm³/mol. The second-order valence-corrected chi connectivity index (χ2v) is 3.26. The van der Waals surface area contributed by atoms with E-state index in [1.54, 1.807) is 0 Å². The van der Waals surface area contributed by atoms with Gasteiger partial charge in [-0.1, -0.05) is 11.6 Å². The fourth-order valence-corrected chi connectivity index (χ4v) is 1.08. The van der Waals surface area contributed by atoms with E-state index in [1.807, 2.05) is 0 Å². The Morgan fingerprint density at radius 1 is 1.31 bits per heavy atom. The first-order chi connectivity index (χ1) is 7.30. The van der Waals surface area contributed by atoms with Crippen molar-refractivity contribution < 1.29 is 22.8 Å². The molecule has 0 radical (unpaired) electrons. The number of carbonyl (C=O) groups is 1. The Bertz CT molecular complexity index is 377. The molecule has 88 valence electrons. The Morgan fingerprint density at radius 3 is 2.19 bits per heavy atom. The van der Waals surface area contributed by atoms with Crippen LogP contribution in [0.4, 0.5) is 18.9 Å². The van der Waals surface area contributed by atoms with Gasteiger partial charge >= 0.3 is 12.3 Å². The molecule has 0 aliphatic rings. The van der Waals surface area contributed by atoms with Gasteiger partial charge in [0.1, 0.15) is 0 Å². The lowest BCUT2D eigenvalue weighted by molar-refractivity contribution is -0.197. The number of halogens is 4. The lowest BCUT2D eigenvalue weighted by Crippen LogP contribution is -2.39. The minimum absolute atomic E-state index is 0.286. The molecule has 0 aromatic heterocycles. The highest BCUT2D eigenvalue weighted by atomic mass is 35.5. The highest BCUT2D eigenvalue weighted by Gasteiger charge is 2.41. The van der Waals surface area contributed by atoms with Crippen LogP contribution >= 0.6 is 11.6 Å². The number of carbonyl (C=O) groups excluding carboxylic acids is 1. The minimum Gasteiger partial charge on any atom is -0.333 e. The number of nitrogens with zero attached hydrogens (tertiary/aromatic N) is 1. The maximum Gasteiger partial charge on any atom is 0.517 e. The molecular weight excluding hydrogens is 247 g/mol. The van der Waals surface area contributed by atoms with Gasteiger partial charge < -0.3 is 4.84 Å². The molecule has 0 saturated carbocycles. The Morgan fingerprint density at radius 2 is 1.81 bits per heavy atom. The van der Waals surface area contributed by atoms with Gasteiger partial charge in [0.05, 0.1) is 5.69 Å². The largest absolute Gasteiger partial charge is 0.517 e. The van der Waals surface area contributed by atoms with Crippen molar-refractivity contribution >= 4 is 23.3 Å². The van der Waals surface area contributed by atoms with Crippen molar-refractivity contribution in [2.24, 2.45) is 0 Å². The second-order valence-electron chi connectivity index (χ2n) is 2.82. The Kier molecular flexibility index (Phi) is 3.64. The van der Waals surface area contributed by atoms with E-state index >= 15 is 0 Å². The van der Waals surface area contributed by atoms with Crippen molar-refractivity contribution in [3.63, 3.8) is 0 Å². The monoisotopic (exact) mass is 253 g/mol. The van der Waals surface area contributed by atoms with E-state index in [0.29, 0.717) is 0 Å². The number of hydrogen-bond donors (Lipinski definition) is 0. The van der Waals surface area contributed by atoms with Gasteiger partial charge in [0.15, 0.2) is 0 Å². The summed E-state index contributed by atoms with van der Waals surface area (Å²) in [6.07, 6.45) is -4.81. The molecule has 0 aliphatic heterocycles. The standard InChI is InChI=1S/C9H7ClF3NO2/c1-6(15)16-14(9(11,12)13)8-4-2-7(10)3-5-8/h2-5H,1H3. The third-order valence-electron chi connectivity index (χ3n) is 1.51. The zero-order valence-electron chi connectivity index (χ0n) is 8.08. The van der Waals surface area contributed by atoms with Gasteiger partial charge in [-0.15, -0.1) is 18.2 Å². The van der Waals surface area contributed by atoms with Crippen LogP contribution in [0, 0.1) is 0 Å². The van der Waals surface area contributed by atoms with Crippen molar-refractivity contribution in [2.75, 3.05) is 5.06 Å². The number of alkyl halides is 3. The van der Waals surface area contributed by atoms with Crippen molar-refractivity contribution in [2.45, 2.75) is 13.2 Å². The van der Waals surface area contributed by atoms with Gasteiger partial charge in [0, 0.05) is 11.9 Å². The van der Waals surface area contributed by atoms with Crippen LogP contribution in [0.2, 0.25) is 5.02 Å². The van der Waals surface area contributed by atoms with Crippen LogP contribution < -0.4 is 5.06 Å². The zero-order chi connectivity index (χ0) is 12.3. The second kappa shape index (κ2) is 4.61. The molecule has 1 aromatic rings. The lowest BCUT2D eigenvalue weighted by atomic mass is 10.3. The predicted octanol–water partition coefficient (Wildman–Crippen LogP) is 3.14. The lowest BCUT2D eigenvalue weighted by Gasteiger charge is -2.24. The molecule has 0 spiro atoms. The molecule has 0 aliphatic carbocycles. The average molecular weight is 254 g/mol. The van der Waals surface area contributed by atoms with Crippen molar-refractivity contribution in [3.8, 4) is 0 Å². The molecule has 3 nitrogen and oxygen atoms in total. The summed E-state index contributed by atoms with van der Waals surface area (Å²) in [6, 6.07) is 4.72. The molecule has 7 heteroatoms. The van der Waals surface area contributed by atoms with Gasteiger partial charge in [-0.2, -0.15) is 0 Å². The van der Waals surface area contributed by atoms with Gasteiger partial charge in [-0.3, -0.25) is 4.79 Å². The van der Waals surface area contributed by atoms with Crippen LogP contribution in [0.15, 0.2) is 24.3 Å². The fraction of sp³-hybridized carbons (Fsp3) is 0.222. The molecule has 0 saturated heterocycles. The van der Waals surface area contributed by atoms with E-state index in [-0.39, 0.29) is 10.7 Å². The first-order valence-corrected chi connectivity index (χ1v) is 4.49. The summed E-state index contributed by atoms with van der Waals surface area (Å²) >= 11 is 5.53. The van der Waals surface area contributed by atoms with E-state index in [2.05, 4.69) is 4.84 Å². The summed E-state index contributed by atoms with van der Waals surface area (Å²) in [7, 11) is 0. The summed E-state index contributed by atoms with van der Waals surface area (Å²) in [6.45, 7) is 0.884.